The van der Waals surface area contributed by atoms with Crippen LogP contribution in [0.1, 0.15) is 23.3 Å². The molecule has 38 heavy (non-hydrogen) atoms. The van der Waals surface area contributed by atoms with Crippen molar-refractivity contribution in [2.45, 2.75) is 30.8 Å². The Labute approximate surface area is 240 Å². The average Bonchev–Trinajstić information content (AvgIpc) is 3.53. The second kappa shape index (κ2) is 10.8. The Bertz CT molecular complexity index is 1710. The van der Waals surface area contributed by atoms with Gasteiger partial charge in [-0.15, -0.1) is 22.7 Å². The smallest absolute Gasteiger partial charge is 0.267 e. The quantitative estimate of drug-likeness (QED) is 0.162. The molecule has 1 aliphatic rings. The van der Waals surface area contributed by atoms with Crippen molar-refractivity contribution in [1.29, 1.82) is 0 Å². The minimum atomic E-state index is -0.227. The van der Waals surface area contributed by atoms with Gasteiger partial charge in [-0.2, -0.15) is 0 Å². The van der Waals surface area contributed by atoms with Crippen LogP contribution in [-0.4, -0.2) is 26.2 Å². The van der Waals surface area contributed by atoms with Crippen molar-refractivity contribution in [3.05, 3.63) is 84.8 Å². The first-order valence-corrected chi connectivity index (χ1v) is 15.4. The second-order valence-electron chi connectivity index (χ2n) is 8.78. The van der Waals surface area contributed by atoms with Gasteiger partial charge in [0.25, 0.3) is 5.56 Å². The molecular formula is C27H20Cl2N4O2S3. The molecule has 0 radical (unpaired) electrons. The predicted octanol–water partition coefficient (Wildman–Crippen LogP) is 7.49. The van der Waals surface area contributed by atoms with Gasteiger partial charge in [-0.25, -0.2) is 9.97 Å². The molecular weight excluding hydrogens is 579 g/mol. The summed E-state index contributed by atoms with van der Waals surface area (Å²) in [5.74, 6) is -0.151. The van der Waals surface area contributed by atoms with E-state index in [4.69, 9.17) is 28.2 Å². The van der Waals surface area contributed by atoms with E-state index in [1.807, 2.05) is 17.5 Å². The van der Waals surface area contributed by atoms with E-state index in [0.29, 0.717) is 31.4 Å². The van der Waals surface area contributed by atoms with E-state index >= 15 is 0 Å². The summed E-state index contributed by atoms with van der Waals surface area (Å²) in [5.41, 5.74) is 3.38. The van der Waals surface area contributed by atoms with Crippen LogP contribution in [0, 0.1) is 0 Å². The summed E-state index contributed by atoms with van der Waals surface area (Å²) in [5, 5.41) is 7.66. The van der Waals surface area contributed by atoms with Crippen LogP contribution in [0.15, 0.2) is 63.9 Å². The fraction of sp³-hybridized carbons (Fsp3) is 0.185. The highest BCUT2D eigenvalue weighted by Crippen LogP contribution is 2.35. The molecule has 1 amide bonds. The molecule has 0 saturated heterocycles. The number of thiophene rings is 1. The number of carbonyl (C=O) groups is 1. The van der Waals surface area contributed by atoms with Crippen LogP contribution in [0.25, 0.3) is 27.2 Å². The summed E-state index contributed by atoms with van der Waals surface area (Å²) in [6.07, 6.45) is 4.08. The van der Waals surface area contributed by atoms with Crippen LogP contribution < -0.4 is 10.9 Å². The lowest BCUT2D eigenvalue weighted by atomic mass is 9.97. The summed E-state index contributed by atoms with van der Waals surface area (Å²) < 4.78 is 1.60. The van der Waals surface area contributed by atoms with Crippen LogP contribution >= 0.6 is 57.6 Å². The fourth-order valence-corrected chi connectivity index (χ4v) is 7.57. The van der Waals surface area contributed by atoms with E-state index in [0.717, 1.165) is 47.3 Å². The number of aromatic nitrogens is 3. The van der Waals surface area contributed by atoms with Crippen LogP contribution in [0.2, 0.25) is 10.0 Å². The lowest BCUT2D eigenvalue weighted by molar-refractivity contribution is -0.113. The molecule has 0 saturated carbocycles. The zero-order valence-corrected chi connectivity index (χ0v) is 23.8. The minimum Gasteiger partial charge on any atom is -0.301 e. The molecule has 0 aliphatic heterocycles. The van der Waals surface area contributed by atoms with Gasteiger partial charge in [0.05, 0.1) is 22.5 Å². The van der Waals surface area contributed by atoms with Crippen LogP contribution in [0.5, 0.6) is 0 Å². The van der Waals surface area contributed by atoms with Gasteiger partial charge in [0.15, 0.2) is 10.3 Å². The molecule has 1 aliphatic carbocycles. The van der Waals surface area contributed by atoms with E-state index in [2.05, 4.69) is 10.3 Å². The van der Waals surface area contributed by atoms with E-state index in [-0.39, 0.29) is 17.2 Å². The van der Waals surface area contributed by atoms with Gasteiger partial charge in [0, 0.05) is 25.9 Å². The third kappa shape index (κ3) is 5.13. The normalized spacial score (nSPS) is 13.0. The topological polar surface area (TPSA) is 76.9 Å². The Morgan fingerprint density at radius 3 is 2.47 bits per heavy atom. The first kappa shape index (κ1) is 25.6. The van der Waals surface area contributed by atoms with Crippen LogP contribution in [-0.2, 0) is 17.6 Å². The summed E-state index contributed by atoms with van der Waals surface area (Å²) in [4.78, 5) is 38.1. The molecule has 11 heteroatoms. The maximum Gasteiger partial charge on any atom is 0.267 e. The number of benzene rings is 2. The molecule has 0 fully saturated rings. The molecule has 0 unspecified atom stereocenters. The Kier molecular flexibility index (Phi) is 7.29. The summed E-state index contributed by atoms with van der Waals surface area (Å²) >= 11 is 16.3. The number of thioether (sulfide) groups is 1. The molecule has 6 rings (SSSR count). The van der Waals surface area contributed by atoms with Gasteiger partial charge in [0.1, 0.15) is 4.83 Å². The van der Waals surface area contributed by atoms with Gasteiger partial charge in [-0.3, -0.25) is 14.2 Å². The fourth-order valence-electron chi connectivity index (χ4n) is 4.47. The SMILES string of the molecule is O=C(CSc1nc2sc3c(c2c(=O)n1-c1ccc(Cl)cc1)CCCC3)Nc1nc(-c2ccc(Cl)cc2)cs1. The number of amides is 1. The summed E-state index contributed by atoms with van der Waals surface area (Å²) in [7, 11) is 0. The number of rotatable bonds is 6. The monoisotopic (exact) mass is 598 g/mol. The number of fused-ring (bicyclic) bond motifs is 3. The number of hydrogen-bond donors (Lipinski definition) is 1. The molecule has 5 aromatic rings. The van der Waals surface area contributed by atoms with Gasteiger partial charge < -0.3 is 5.32 Å². The molecule has 0 bridgehead atoms. The summed E-state index contributed by atoms with van der Waals surface area (Å²) in [6, 6.07) is 14.5. The predicted molar refractivity (Wildman–Crippen MR) is 159 cm³/mol. The zero-order valence-electron chi connectivity index (χ0n) is 19.9. The molecule has 192 valence electrons. The molecule has 1 N–H and O–H groups in total. The van der Waals surface area contributed by atoms with Crippen LogP contribution in [0.3, 0.4) is 0 Å². The molecule has 3 aromatic heterocycles. The van der Waals surface area contributed by atoms with Crippen molar-refractivity contribution in [3.8, 4) is 16.9 Å². The minimum absolute atomic E-state index is 0.0759. The van der Waals surface area contributed by atoms with E-state index in [1.54, 1.807) is 52.3 Å². The highest BCUT2D eigenvalue weighted by atomic mass is 35.5. The van der Waals surface area contributed by atoms with Gasteiger partial charge >= 0.3 is 0 Å². The standard InChI is InChI=1S/C27H20Cl2N4O2S3/c28-16-7-5-15(6-8-16)20-13-36-26(30-20)31-22(34)14-37-27-32-24-23(19-3-1-2-4-21(19)38-24)25(35)33(27)18-11-9-17(29)10-12-18/h5-13H,1-4,14H2,(H,30,31,34). The maximum atomic E-state index is 13.8. The summed E-state index contributed by atoms with van der Waals surface area (Å²) in [6.45, 7) is 0. The van der Waals surface area contributed by atoms with E-state index in [9.17, 15) is 9.59 Å². The molecule has 6 nitrogen and oxygen atoms in total. The number of nitrogens with one attached hydrogen (secondary N) is 1. The average molecular weight is 600 g/mol. The number of aryl methyl sites for hydroxylation is 2. The van der Waals surface area contributed by atoms with Crippen molar-refractivity contribution in [2.24, 2.45) is 0 Å². The third-order valence-corrected chi connectivity index (χ3v) is 9.65. The molecule has 3 heterocycles. The molecule has 0 atom stereocenters. The first-order valence-electron chi connectivity index (χ1n) is 11.9. The highest BCUT2D eigenvalue weighted by Gasteiger charge is 2.23. The number of nitrogens with zero attached hydrogens (tertiary/aromatic N) is 3. The lowest BCUT2D eigenvalue weighted by Gasteiger charge is -2.13. The van der Waals surface area contributed by atoms with Crippen LogP contribution in [0.4, 0.5) is 5.13 Å². The van der Waals surface area contributed by atoms with Gasteiger partial charge in [-0.1, -0.05) is 47.1 Å². The molecule has 2 aromatic carbocycles. The number of carbonyl (C=O) groups excluding carboxylic acids is 1. The Morgan fingerprint density at radius 2 is 1.71 bits per heavy atom. The van der Waals surface area contributed by atoms with Crippen molar-refractivity contribution in [2.75, 3.05) is 11.1 Å². The second-order valence-corrected chi connectivity index (χ2v) is 12.5. The van der Waals surface area contributed by atoms with Gasteiger partial charge in [-0.05, 0) is 67.6 Å². The number of halogens is 2. The largest absolute Gasteiger partial charge is 0.301 e. The van der Waals surface area contributed by atoms with Gasteiger partial charge in [0.2, 0.25) is 5.91 Å². The van der Waals surface area contributed by atoms with E-state index in [1.165, 1.54) is 28.0 Å². The Balaban J connectivity index is 1.27. The highest BCUT2D eigenvalue weighted by molar-refractivity contribution is 7.99. The first-order chi connectivity index (χ1) is 18.5. The van der Waals surface area contributed by atoms with Crippen molar-refractivity contribution >= 4 is 78.9 Å². The maximum absolute atomic E-state index is 13.8. The Morgan fingerprint density at radius 1 is 1.00 bits per heavy atom. The Hall–Kier alpha value is -2.69. The number of thiazole rings is 1. The van der Waals surface area contributed by atoms with E-state index < -0.39 is 0 Å². The van der Waals surface area contributed by atoms with Crippen molar-refractivity contribution < 1.29 is 4.79 Å². The lowest BCUT2D eigenvalue weighted by Crippen LogP contribution is -2.23. The molecule has 0 spiro atoms. The zero-order chi connectivity index (χ0) is 26.2. The van der Waals surface area contributed by atoms with Crippen molar-refractivity contribution in [1.82, 2.24) is 14.5 Å². The number of hydrogen-bond acceptors (Lipinski definition) is 7. The number of anilines is 1. The third-order valence-electron chi connectivity index (χ3n) is 6.27. The van der Waals surface area contributed by atoms with Crippen molar-refractivity contribution in [3.63, 3.8) is 0 Å².